The zero-order valence-corrected chi connectivity index (χ0v) is 15.0. The topological polar surface area (TPSA) is 29.5 Å². The van der Waals surface area contributed by atoms with E-state index in [9.17, 15) is 4.57 Å². The maximum Gasteiger partial charge on any atom is 0.174 e. The molecule has 0 fully saturated rings. The lowest BCUT2D eigenvalue weighted by molar-refractivity contribution is 0.279. The van der Waals surface area contributed by atoms with Crippen LogP contribution in [0.5, 0.6) is 0 Å². The summed E-state index contributed by atoms with van der Waals surface area (Å²) in [6, 6.07) is 0. The van der Waals surface area contributed by atoms with Gasteiger partial charge >= 0.3 is 0 Å². The van der Waals surface area contributed by atoms with E-state index in [1.165, 1.54) is 0 Å². The standard InChI is InChI=1S/C18H28NO2P/c1-5-19(6-2)22(20,16-13-11-15(3)12-14-16)18-10-8-7-9-17(18)21-4/h8-16,18H,5-7H2,1-4H3. The predicted octanol–water partition coefficient (Wildman–Crippen LogP) is 4.60. The SMILES string of the molecule is CCN(CC)P(=O)(C1C=CC(C)C=C1)C1C=CCC=C1OC. The molecule has 0 saturated carbocycles. The van der Waals surface area contributed by atoms with Crippen molar-refractivity contribution in [3.63, 3.8) is 0 Å². The number of allylic oxidation sites excluding steroid dienone is 7. The van der Waals surface area contributed by atoms with E-state index in [4.69, 9.17) is 4.74 Å². The Morgan fingerprint density at radius 2 is 1.82 bits per heavy atom. The average molecular weight is 321 g/mol. The van der Waals surface area contributed by atoms with Gasteiger partial charge in [0.2, 0.25) is 0 Å². The first kappa shape index (κ1) is 17.3. The summed E-state index contributed by atoms with van der Waals surface area (Å²) in [5.41, 5.74) is -0.200. The average Bonchev–Trinajstić information content (AvgIpc) is 2.56. The van der Waals surface area contributed by atoms with Crippen molar-refractivity contribution in [3.05, 3.63) is 48.3 Å². The van der Waals surface area contributed by atoms with E-state index in [2.05, 4.69) is 68.0 Å². The minimum atomic E-state index is -2.70. The number of rotatable bonds is 6. The summed E-state index contributed by atoms with van der Waals surface area (Å²) in [6.07, 6.45) is 15.6. The van der Waals surface area contributed by atoms with Crippen molar-refractivity contribution in [2.24, 2.45) is 5.92 Å². The van der Waals surface area contributed by atoms with Crippen molar-refractivity contribution in [1.29, 1.82) is 0 Å². The smallest absolute Gasteiger partial charge is 0.174 e. The second kappa shape index (κ2) is 7.48. The molecule has 2 atom stereocenters. The minimum absolute atomic E-state index is 0.0464. The number of hydrogen-bond acceptors (Lipinski definition) is 2. The molecule has 0 spiro atoms. The van der Waals surface area contributed by atoms with Gasteiger partial charge in [0, 0.05) is 13.1 Å². The molecular formula is C18H28NO2P. The molecule has 0 aromatic carbocycles. The third-order valence-electron chi connectivity index (χ3n) is 4.52. The molecule has 22 heavy (non-hydrogen) atoms. The maximum absolute atomic E-state index is 14.2. The largest absolute Gasteiger partial charge is 0.500 e. The van der Waals surface area contributed by atoms with Crippen molar-refractivity contribution in [2.45, 2.75) is 38.5 Å². The molecule has 2 aliphatic rings. The van der Waals surface area contributed by atoms with E-state index in [1.54, 1.807) is 7.11 Å². The monoisotopic (exact) mass is 321 g/mol. The van der Waals surface area contributed by atoms with Crippen LogP contribution in [0, 0.1) is 5.92 Å². The summed E-state index contributed by atoms with van der Waals surface area (Å²) in [4.78, 5) is 0. The van der Waals surface area contributed by atoms with Crippen LogP contribution >= 0.6 is 7.29 Å². The first-order valence-electron chi connectivity index (χ1n) is 8.20. The van der Waals surface area contributed by atoms with Crippen molar-refractivity contribution in [1.82, 2.24) is 4.67 Å². The summed E-state index contributed by atoms with van der Waals surface area (Å²) in [7, 11) is -1.02. The van der Waals surface area contributed by atoms with E-state index in [1.807, 2.05) is 0 Å². The van der Waals surface area contributed by atoms with E-state index in [0.29, 0.717) is 5.92 Å². The Balaban J connectivity index is 2.46. The molecule has 122 valence electrons. The van der Waals surface area contributed by atoms with Crippen LogP contribution in [0.4, 0.5) is 0 Å². The Labute approximate surface area is 134 Å². The predicted molar refractivity (Wildman–Crippen MR) is 94.4 cm³/mol. The number of methoxy groups -OCH3 is 1. The molecule has 0 aromatic heterocycles. The van der Waals surface area contributed by atoms with Gasteiger partial charge in [-0.1, -0.05) is 57.2 Å². The fourth-order valence-corrected chi connectivity index (χ4v) is 6.91. The van der Waals surface area contributed by atoms with Crippen molar-refractivity contribution < 1.29 is 9.30 Å². The van der Waals surface area contributed by atoms with Crippen LogP contribution in [0.2, 0.25) is 0 Å². The minimum Gasteiger partial charge on any atom is -0.500 e. The Kier molecular flexibility index (Phi) is 5.88. The van der Waals surface area contributed by atoms with E-state index >= 15 is 0 Å². The normalized spacial score (nSPS) is 30.2. The summed E-state index contributed by atoms with van der Waals surface area (Å²) >= 11 is 0. The zero-order chi connectivity index (χ0) is 16.2. The van der Waals surface area contributed by atoms with Gasteiger partial charge in [-0.3, -0.25) is 4.67 Å². The number of ether oxygens (including phenoxy) is 1. The van der Waals surface area contributed by atoms with Crippen molar-refractivity contribution >= 4 is 7.29 Å². The molecule has 0 bridgehead atoms. The van der Waals surface area contributed by atoms with Gasteiger partial charge in [-0.2, -0.15) is 0 Å². The fraction of sp³-hybridized carbons (Fsp3) is 0.556. The van der Waals surface area contributed by atoms with Crippen LogP contribution in [-0.2, 0) is 9.30 Å². The fourth-order valence-electron chi connectivity index (χ4n) is 3.29. The molecule has 3 nitrogen and oxygen atoms in total. The summed E-state index contributed by atoms with van der Waals surface area (Å²) in [6.45, 7) is 7.87. The summed E-state index contributed by atoms with van der Waals surface area (Å²) in [5.74, 6) is 1.26. The number of nitrogens with zero attached hydrogens (tertiary/aromatic N) is 1. The van der Waals surface area contributed by atoms with Crippen molar-refractivity contribution in [2.75, 3.05) is 20.2 Å². The summed E-state index contributed by atoms with van der Waals surface area (Å²) < 4.78 is 21.9. The molecule has 0 saturated heterocycles. The lowest BCUT2D eigenvalue weighted by Crippen LogP contribution is -2.33. The van der Waals surface area contributed by atoms with Gasteiger partial charge in [-0.25, -0.2) is 0 Å². The molecule has 2 aliphatic carbocycles. The van der Waals surface area contributed by atoms with Crippen LogP contribution in [0.15, 0.2) is 48.3 Å². The van der Waals surface area contributed by atoms with E-state index in [-0.39, 0.29) is 11.3 Å². The number of hydrogen-bond donors (Lipinski definition) is 0. The summed E-state index contributed by atoms with van der Waals surface area (Å²) in [5, 5.41) is 0. The van der Waals surface area contributed by atoms with Crippen LogP contribution in [0.3, 0.4) is 0 Å². The van der Waals surface area contributed by atoms with Crippen molar-refractivity contribution in [3.8, 4) is 0 Å². The first-order chi connectivity index (χ1) is 10.6. The van der Waals surface area contributed by atoms with Crippen LogP contribution in [-0.4, -0.2) is 36.2 Å². The molecule has 0 aromatic rings. The Morgan fingerprint density at radius 3 is 2.36 bits per heavy atom. The second-order valence-electron chi connectivity index (χ2n) is 5.85. The van der Waals surface area contributed by atoms with Gasteiger partial charge in [0.25, 0.3) is 0 Å². The lowest BCUT2D eigenvalue weighted by Gasteiger charge is -2.40. The Bertz CT molecular complexity index is 529. The van der Waals surface area contributed by atoms with E-state index in [0.717, 1.165) is 25.3 Å². The zero-order valence-electron chi connectivity index (χ0n) is 14.1. The molecule has 2 unspecified atom stereocenters. The van der Waals surface area contributed by atoms with Crippen LogP contribution in [0.1, 0.15) is 27.2 Å². The van der Waals surface area contributed by atoms with Gasteiger partial charge in [0.1, 0.15) is 11.4 Å². The van der Waals surface area contributed by atoms with Gasteiger partial charge in [-0.05, 0) is 18.4 Å². The first-order valence-corrected chi connectivity index (χ1v) is 9.99. The molecule has 0 aliphatic heterocycles. The highest BCUT2D eigenvalue weighted by atomic mass is 31.2. The molecule has 0 radical (unpaired) electrons. The van der Waals surface area contributed by atoms with E-state index < -0.39 is 7.29 Å². The molecule has 0 N–H and O–H groups in total. The Hall–Kier alpha value is -1.05. The van der Waals surface area contributed by atoms with Gasteiger partial charge in [0.15, 0.2) is 7.29 Å². The van der Waals surface area contributed by atoms with Gasteiger partial charge < -0.3 is 9.30 Å². The lowest BCUT2D eigenvalue weighted by atomic mass is 10.1. The van der Waals surface area contributed by atoms with Gasteiger partial charge in [-0.15, -0.1) is 0 Å². The third kappa shape index (κ3) is 3.16. The molecule has 2 rings (SSSR count). The highest BCUT2D eigenvalue weighted by molar-refractivity contribution is 7.63. The van der Waals surface area contributed by atoms with Gasteiger partial charge in [0.05, 0.1) is 12.8 Å². The Morgan fingerprint density at radius 1 is 1.18 bits per heavy atom. The quantitative estimate of drug-likeness (QED) is 0.529. The van der Waals surface area contributed by atoms with Crippen LogP contribution in [0.25, 0.3) is 0 Å². The molecule has 4 heteroatoms. The highest BCUT2D eigenvalue weighted by Crippen LogP contribution is 2.62. The molecular weight excluding hydrogens is 293 g/mol. The second-order valence-corrected chi connectivity index (χ2v) is 8.91. The molecule has 0 heterocycles. The maximum atomic E-state index is 14.2. The molecule has 0 amide bonds. The third-order valence-corrected chi connectivity index (χ3v) is 8.39. The van der Waals surface area contributed by atoms with Crippen LogP contribution < -0.4 is 0 Å². The highest BCUT2D eigenvalue weighted by Gasteiger charge is 2.44.